The Hall–Kier alpha value is -2.15. The summed E-state index contributed by atoms with van der Waals surface area (Å²) in [5, 5.41) is 6.20. The molecule has 0 unspecified atom stereocenters. The molecule has 1 aromatic heterocycles. The Morgan fingerprint density at radius 1 is 1.27 bits per heavy atom. The van der Waals surface area contributed by atoms with Gasteiger partial charge in [-0.1, -0.05) is 5.16 Å². The van der Waals surface area contributed by atoms with Gasteiger partial charge < -0.3 is 19.3 Å². The Labute approximate surface area is 132 Å². The Bertz CT molecular complexity index is 686. The van der Waals surface area contributed by atoms with E-state index in [-0.39, 0.29) is 11.2 Å². The Balaban J connectivity index is 1.63. The number of benzene rings is 1. The van der Waals surface area contributed by atoms with Gasteiger partial charge in [-0.3, -0.25) is 4.79 Å². The van der Waals surface area contributed by atoms with Gasteiger partial charge in [0.15, 0.2) is 17.3 Å². The fourth-order valence-electron chi connectivity index (χ4n) is 2.01. The Morgan fingerprint density at radius 3 is 2.77 bits per heavy atom. The zero-order valence-electron chi connectivity index (χ0n) is 12.3. The number of carbonyl (C=O) groups is 1. The molecule has 22 heavy (non-hydrogen) atoms. The van der Waals surface area contributed by atoms with E-state index in [0.717, 1.165) is 16.4 Å². The van der Waals surface area contributed by atoms with E-state index in [1.165, 1.54) is 11.8 Å². The molecule has 0 fully saturated rings. The summed E-state index contributed by atoms with van der Waals surface area (Å²) in [6, 6.07) is 7.35. The molecule has 0 saturated heterocycles. The first-order chi connectivity index (χ1) is 10.6. The minimum atomic E-state index is -0.278. The van der Waals surface area contributed by atoms with Crippen LogP contribution < -0.4 is 14.8 Å². The molecule has 0 aliphatic carbocycles. The lowest BCUT2D eigenvalue weighted by Crippen LogP contribution is -2.22. The van der Waals surface area contributed by atoms with Crippen LogP contribution in [0.1, 0.15) is 12.7 Å². The number of carbonyl (C=O) groups excluding carboxylic acids is 1. The normalized spacial score (nSPS) is 14.5. The van der Waals surface area contributed by atoms with Crippen LogP contribution in [0, 0.1) is 6.92 Å². The molecule has 1 aliphatic heterocycles. The van der Waals surface area contributed by atoms with Gasteiger partial charge in [-0.25, -0.2) is 0 Å². The quantitative estimate of drug-likeness (QED) is 0.873. The summed E-state index contributed by atoms with van der Waals surface area (Å²) in [6.07, 6.45) is 0. The highest BCUT2D eigenvalue weighted by molar-refractivity contribution is 8.00. The number of thioether (sulfide) groups is 1. The Kier molecular flexibility index (Phi) is 4.24. The number of aromatic nitrogens is 1. The molecule has 1 atom stereocenters. The van der Waals surface area contributed by atoms with Crippen molar-refractivity contribution in [2.45, 2.75) is 24.0 Å². The third-order valence-corrected chi connectivity index (χ3v) is 4.17. The summed E-state index contributed by atoms with van der Waals surface area (Å²) in [4.78, 5) is 13.1. The van der Waals surface area contributed by atoms with Crippen molar-refractivity contribution in [3.63, 3.8) is 0 Å². The molecule has 116 valence electrons. The maximum atomic E-state index is 12.1. The van der Waals surface area contributed by atoms with Crippen molar-refractivity contribution < 1.29 is 18.8 Å². The van der Waals surface area contributed by atoms with E-state index in [0.29, 0.717) is 24.8 Å². The largest absolute Gasteiger partial charge is 0.486 e. The lowest BCUT2D eigenvalue weighted by molar-refractivity contribution is -0.115. The number of ether oxygens (including phenoxy) is 2. The number of aryl methyl sites for hydroxylation is 1. The molecule has 0 spiro atoms. The second-order valence-electron chi connectivity index (χ2n) is 4.88. The lowest BCUT2D eigenvalue weighted by Gasteiger charge is -2.19. The maximum absolute atomic E-state index is 12.1. The number of amides is 1. The number of anilines is 1. The van der Waals surface area contributed by atoms with Crippen molar-refractivity contribution in [2.75, 3.05) is 18.5 Å². The topological polar surface area (TPSA) is 73.6 Å². The lowest BCUT2D eigenvalue weighted by atomic mass is 10.3. The molecule has 0 radical (unpaired) electrons. The highest BCUT2D eigenvalue weighted by Crippen LogP contribution is 2.35. The van der Waals surface area contributed by atoms with E-state index >= 15 is 0 Å². The van der Waals surface area contributed by atoms with Crippen LogP contribution in [0.2, 0.25) is 0 Å². The Morgan fingerprint density at radius 2 is 2.05 bits per heavy atom. The smallest absolute Gasteiger partial charge is 0.238 e. The summed E-state index contributed by atoms with van der Waals surface area (Å²) in [6.45, 7) is 4.72. The fourth-order valence-corrected chi connectivity index (χ4v) is 2.90. The summed E-state index contributed by atoms with van der Waals surface area (Å²) in [5.41, 5.74) is 0. The standard InChI is InChI=1S/C15H16N2O4S/c1-9-7-14(17-21-9)16-15(18)10(2)22-11-3-4-12-13(8-11)20-6-5-19-12/h3-4,7-8,10H,5-6H2,1-2H3,(H,16,17,18)/t10-/m0/s1. The van der Waals surface area contributed by atoms with Gasteiger partial charge in [0, 0.05) is 11.0 Å². The van der Waals surface area contributed by atoms with Crippen LogP contribution in [0.4, 0.5) is 5.82 Å². The van der Waals surface area contributed by atoms with Gasteiger partial charge in [0.1, 0.15) is 19.0 Å². The van der Waals surface area contributed by atoms with Gasteiger partial charge in [0.25, 0.3) is 0 Å². The van der Waals surface area contributed by atoms with Crippen LogP contribution in [0.5, 0.6) is 11.5 Å². The fraction of sp³-hybridized carbons (Fsp3) is 0.333. The third-order valence-electron chi connectivity index (χ3n) is 3.07. The molecule has 0 saturated carbocycles. The van der Waals surface area contributed by atoms with E-state index in [9.17, 15) is 4.79 Å². The minimum Gasteiger partial charge on any atom is -0.486 e. The van der Waals surface area contributed by atoms with Crippen molar-refractivity contribution in [2.24, 2.45) is 0 Å². The molecule has 6 nitrogen and oxygen atoms in total. The van der Waals surface area contributed by atoms with Crippen molar-refractivity contribution in [1.82, 2.24) is 5.16 Å². The average molecular weight is 320 g/mol. The van der Waals surface area contributed by atoms with Crippen LogP contribution in [-0.2, 0) is 4.79 Å². The van der Waals surface area contributed by atoms with Crippen LogP contribution in [0.3, 0.4) is 0 Å². The average Bonchev–Trinajstić information content (AvgIpc) is 2.92. The van der Waals surface area contributed by atoms with Gasteiger partial charge in [-0.15, -0.1) is 11.8 Å². The molecular weight excluding hydrogens is 304 g/mol. The van der Waals surface area contributed by atoms with Gasteiger partial charge >= 0.3 is 0 Å². The molecule has 1 amide bonds. The molecule has 1 aliphatic rings. The number of nitrogens with one attached hydrogen (secondary N) is 1. The summed E-state index contributed by atoms with van der Waals surface area (Å²) in [7, 11) is 0. The molecule has 3 rings (SSSR count). The zero-order chi connectivity index (χ0) is 15.5. The number of hydrogen-bond acceptors (Lipinski definition) is 6. The first-order valence-corrected chi connectivity index (χ1v) is 7.80. The predicted molar refractivity (Wildman–Crippen MR) is 82.6 cm³/mol. The first-order valence-electron chi connectivity index (χ1n) is 6.92. The van der Waals surface area contributed by atoms with Crippen molar-refractivity contribution in [1.29, 1.82) is 0 Å². The minimum absolute atomic E-state index is 0.131. The number of nitrogens with zero attached hydrogens (tertiary/aromatic N) is 1. The van der Waals surface area contributed by atoms with Gasteiger partial charge in [0.2, 0.25) is 5.91 Å². The van der Waals surface area contributed by atoms with E-state index in [1.54, 1.807) is 13.0 Å². The van der Waals surface area contributed by atoms with Crippen molar-refractivity contribution >= 4 is 23.5 Å². The van der Waals surface area contributed by atoms with Crippen LogP contribution in [-0.4, -0.2) is 29.5 Å². The number of fused-ring (bicyclic) bond motifs is 1. The van der Waals surface area contributed by atoms with Crippen LogP contribution in [0.15, 0.2) is 33.7 Å². The van der Waals surface area contributed by atoms with E-state index in [1.807, 2.05) is 25.1 Å². The van der Waals surface area contributed by atoms with Crippen molar-refractivity contribution in [3.05, 3.63) is 30.0 Å². The molecule has 1 aromatic carbocycles. The second kappa shape index (κ2) is 6.31. The highest BCUT2D eigenvalue weighted by atomic mass is 32.2. The van der Waals surface area contributed by atoms with Crippen LogP contribution >= 0.6 is 11.8 Å². The monoisotopic (exact) mass is 320 g/mol. The third kappa shape index (κ3) is 3.36. The molecule has 0 bridgehead atoms. The number of hydrogen-bond donors (Lipinski definition) is 1. The first kappa shape index (κ1) is 14.8. The summed E-state index contributed by atoms with van der Waals surface area (Å²) in [5.74, 6) is 2.41. The maximum Gasteiger partial charge on any atom is 0.238 e. The summed E-state index contributed by atoms with van der Waals surface area (Å²) < 4.78 is 15.9. The SMILES string of the molecule is Cc1cc(NC(=O)[C@H](C)Sc2ccc3c(c2)OCCO3)no1. The highest BCUT2D eigenvalue weighted by Gasteiger charge is 2.18. The molecule has 2 heterocycles. The van der Waals surface area contributed by atoms with Gasteiger partial charge in [-0.05, 0) is 32.0 Å². The predicted octanol–water partition coefficient (Wildman–Crippen LogP) is 2.87. The second-order valence-corrected chi connectivity index (χ2v) is 6.29. The van der Waals surface area contributed by atoms with Gasteiger partial charge in [-0.2, -0.15) is 0 Å². The van der Waals surface area contributed by atoms with Gasteiger partial charge in [0.05, 0.1) is 5.25 Å². The number of rotatable bonds is 4. The van der Waals surface area contributed by atoms with Crippen molar-refractivity contribution in [3.8, 4) is 11.5 Å². The zero-order valence-corrected chi connectivity index (χ0v) is 13.1. The van der Waals surface area contributed by atoms with Crippen LogP contribution in [0.25, 0.3) is 0 Å². The van der Waals surface area contributed by atoms with E-state index in [4.69, 9.17) is 14.0 Å². The molecular formula is C15H16N2O4S. The molecule has 1 N–H and O–H groups in total. The molecule has 7 heteroatoms. The molecule has 2 aromatic rings. The van der Waals surface area contributed by atoms with E-state index in [2.05, 4.69) is 10.5 Å². The summed E-state index contributed by atoms with van der Waals surface area (Å²) >= 11 is 1.44. The van der Waals surface area contributed by atoms with E-state index < -0.39 is 0 Å².